The summed E-state index contributed by atoms with van der Waals surface area (Å²) in [5.41, 5.74) is 12.7. The molecule has 2 aliphatic rings. The van der Waals surface area contributed by atoms with Gasteiger partial charge in [0.25, 0.3) is 0 Å². The first-order valence-electron chi connectivity index (χ1n) is 9.14. The summed E-state index contributed by atoms with van der Waals surface area (Å²) in [7, 11) is -4.34. The number of rotatable bonds is 3. The van der Waals surface area contributed by atoms with Crippen LogP contribution in [0.5, 0.6) is 0 Å². The van der Waals surface area contributed by atoms with Crippen LogP contribution in [0.3, 0.4) is 0 Å². The summed E-state index contributed by atoms with van der Waals surface area (Å²) in [6.07, 6.45) is -1.36. The molecule has 1 aromatic carbocycles. The van der Waals surface area contributed by atoms with E-state index in [0.29, 0.717) is 11.2 Å². The van der Waals surface area contributed by atoms with Gasteiger partial charge < -0.3 is 25.8 Å². The third-order valence-electron chi connectivity index (χ3n) is 5.03. The average molecular weight is 471 g/mol. The van der Waals surface area contributed by atoms with E-state index in [-0.39, 0.29) is 53.2 Å². The number of phosphoric ester groups is 1. The van der Waals surface area contributed by atoms with Crippen LogP contribution in [0.25, 0.3) is 11.2 Å². The molecule has 2 fully saturated rings. The summed E-state index contributed by atoms with van der Waals surface area (Å²) in [5.74, 6) is -0.594. The predicted molar refractivity (Wildman–Crippen MR) is 110 cm³/mol. The second-order valence-corrected chi connectivity index (χ2v) is 8.35. The number of hydrogen-bond donors (Lipinski definition) is 3. The Labute approximate surface area is 202 Å². The standard InChI is InChI=1S/C17H17N6O7P.Na/c18-9-4-2-1-3-8(9)17(24)29-13-12-10(5-27-31(25,26)30-12)28-16(13)23-7-22-11-14(19)20-6-21-15(11)23;/h1-4,6-7,10,12-13,16H,5,18H2,(H,25,26)(H2,19,20,21);/t10-,12-,13-,16-;/m1./s1. The van der Waals surface area contributed by atoms with Crippen molar-refractivity contribution < 1.29 is 32.8 Å². The SMILES string of the molecule is Nc1ccccc1C(=O)O[C@@H]1[C@@H]2OP(=O)(O)OC[C@H]2O[C@H]1n1cnc2c(N)ncnc21.[Na]. The Bertz CT molecular complexity index is 1230. The van der Waals surface area contributed by atoms with E-state index >= 15 is 0 Å². The van der Waals surface area contributed by atoms with Crippen molar-refractivity contribution >= 4 is 66.0 Å². The number of fused-ring (bicyclic) bond motifs is 2. The Balaban J connectivity index is 0.00000245. The van der Waals surface area contributed by atoms with E-state index in [2.05, 4.69) is 15.0 Å². The first kappa shape index (κ1) is 23.1. The molecule has 163 valence electrons. The van der Waals surface area contributed by atoms with Gasteiger partial charge in [0.15, 0.2) is 23.8 Å². The molecule has 4 heterocycles. The maximum atomic E-state index is 12.8. The number of para-hydroxylation sites is 1. The number of nitrogens with zero attached hydrogens (tertiary/aromatic N) is 4. The fraction of sp³-hybridized carbons (Fsp3) is 0.294. The number of carbonyl (C=O) groups excluding carboxylic acids is 1. The molecular weight excluding hydrogens is 454 g/mol. The van der Waals surface area contributed by atoms with Gasteiger partial charge >= 0.3 is 13.8 Å². The second kappa shape index (κ2) is 8.69. The Morgan fingerprint density at radius 3 is 2.81 bits per heavy atom. The molecule has 1 unspecified atom stereocenters. The van der Waals surface area contributed by atoms with Crippen LogP contribution in [-0.4, -0.2) is 84.9 Å². The van der Waals surface area contributed by atoms with E-state index < -0.39 is 38.3 Å². The van der Waals surface area contributed by atoms with Crippen LogP contribution in [-0.2, 0) is 23.1 Å². The van der Waals surface area contributed by atoms with Gasteiger partial charge in [0.1, 0.15) is 24.1 Å². The zero-order valence-electron chi connectivity index (χ0n) is 16.8. The fourth-order valence-electron chi connectivity index (χ4n) is 3.60. The maximum absolute atomic E-state index is 12.8. The topological polar surface area (TPSA) is 187 Å². The molecule has 32 heavy (non-hydrogen) atoms. The zero-order valence-corrected chi connectivity index (χ0v) is 19.7. The maximum Gasteiger partial charge on any atom is 0.472 e. The van der Waals surface area contributed by atoms with Gasteiger partial charge in [-0.2, -0.15) is 0 Å². The molecule has 13 nitrogen and oxygen atoms in total. The number of benzene rings is 1. The molecule has 0 bridgehead atoms. The van der Waals surface area contributed by atoms with Crippen LogP contribution in [0.15, 0.2) is 36.9 Å². The molecule has 15 heteroatoms. The van der Waals surface area contributed by atoms with E-state index in [4.69, 9.17) is 30.0 Å². The summed E-state index contributed by atoms with van der Waals surface area (Å²) in [6, 6.07) is 6.36. The number of carbonyl (C=O) groups is 1. The van der Waals surface area contributed by atoms with Crippen molar-refractivity contribution in [3.63, 3.8) is 0 Å². The van der Waals surface area contributed by atoms with E-state index in [1.165, 1.54) is 23.3 Å². The van der Waals surface area contributed by atoms with Gasteiger partial charge in [-0.05, 0) is 12.1 Å². The largest absolute Gasteiger partial charge is 0.472 e. The van der Waals surface area contributed by atoms with Crippen LogP contribution in [0, 0.1) is 0 Å². The number of aromatic nitrogens is 4. The second-order valence-electron chi connectivity index (χ2n) is 6.94. The number of ether oxygens (including phenoxy) is 2. The van der Waals surface area contributed by atoms with Gasteiger partial charge in [0.2, 0.25) is 0 Å². The zero-order chi connectivity index (χ0) is 21.8. The molecule has 1 radical (unpaired) electrons. The number of nitrogens with two attached hydrogens (primary N) is 2. The van der Waals surface area contributed by atoms with Crippen molar-refractivity contribution in [2.75, 3.05) is 18.1 Å². The minimum Gasteiger partial charge on any atom is -0.451 e. The molecule has 2 aromatic heterocycles. The predicted octanol–water partition coefficient (Wildman–Crippen LogP) is 0.249. The summed E-state index contributed by atoms with van der Waals surface area (Å²) in [6.45, 7) is -0.236. The average Bonchev–Trinajstić information content (AvgIpc) is 3.30. The molecule has 0 spiro atoms. The monoisotopic (exact) mass is 471 g/mol. The Kier molecular flexibility index (Phi) is 6.27. The van der Waals surface area contributed by atoms with Crippen molar-refractivity contribution in [2.45, 2.75) is 24.5 Å². The van der Waals surface area contributed by atoms with Gasteiger partial charge in [-0.1, -0.05) is 12.1 Å². The number of imidazole rings is 1. The quantitative estimate of drug-likeness (QED) is 0.205. The van der Waals surface area contributed by atoms with Crippen LogP contribution in [0.1, 0.15) is 16.6 Å². The molecule has 5 atom stereocenters. The Morgan fingerprint density at radius 2 is 2.03 bits per heavy atom. The molecule has 5 rings (SSSR count). The van der Waals surface area contributed by atoms with Gasteiger partial charge in [-0.25, -0.2) is 24.3 Å². The van der Waals surface area contributed by atoms with E-state index in [0.717, 1.165) is 0 Å². The fourth-order valence-corrected chi connectivity index (χ4v) is 4.56. The molecule has 2 aliphatic heterocycles. The molecule has 0 aliphatic carbocycles. The molecule has 0 saturated carbocycles. The van der Waals surface area contributed by atoms with Crippen molar-refractivity contribution in [1.82, 2.24) is 19.5 Å². The number of anilines is 2. The normalized spacial score (nSPS) is 29.3. The van der Waals surface area contributed by atoms with Crippen molar-refractivity contribution in [1.29, 1.82) is 0 Å². The molecule has 3 aromatic rings. The molecule has 5 N–H and O–H groups in total. The van der Waals surface area contributed by atoms with E-state index in [1.54, 1.807) is 18.2 Å². The minimum atomic E-state index is -4.34. The molecule has 2 saturated heterocycles. The third-order valence-corrected chi connectivity index (χ3v) is 6.01. The van der Waals surface area contributed by atoms with Crippen molar-refractivity contribution in [2.24, 2.45) is 0 Å². The van der Waals surface area contributed by atoms with Gasteiger partial charge in [0.05, 0.1) is 18.5 Å². The van der Waals surface area contributed by atoms with Crippen molar-refractivity contribution in [3.05, 3.63) is 42.5 Å². The number of phosphoric acid groups is 1. The van der Waals surface area contributed by atoms with Crippen LogP contribution < -0.4 is 11.5 Å². The third kappa shape index (κ3) is 4.02. The van der Waals surface area contributed by atoms with Crippen LogP contribution in [0.2, 0.25) is 0 Å². The van der Waals surface area contributed by atoms with Gasteiger partial charge in [0, 0.05) is 35.2 Å². The number of nitrogen functional groups attached to an aromatic ring is 2. The van der Waals surface area contributed by atoms with Crippen LogP contribution in [0.4, 0.5) is 11.5 Å². The first-order valence-corrected chi connectivity index (χ1v) is 10.6. The Morgan fingerprint density at radius 1 is 1.25 bits per heavy atom. The summed E-state index contributed by atoms with van der Waals surface area (Å²) < 4.78 is 35.2. The smallest absolute Gasteiger partial charge is 0.451 e. The molecule has 0 amide bonds. The van der Waals surface area contributed by atoms with Gasteiger partial charge in [-0.3, -0.25) is 13.6 Å². The summed E-state index contributed by atoms with van der Waals surface area (Å²) >= 11 is 0. The number of hydrogen-bond acceptors (Lipinski definition) is 11. The van der Waals surface area contributed by atoms with Crippen LogP contribution >= 0.6 is 7.82 Å². The minimum absolute atomic E-state index is 0. The van der Waals surface area contributed by atoms with Crippen molar-refractivity contribution in [3.8, 4) is 0 Å². The summed E-state index contributed by atoms with van der Waals surface area (Å²) in [5, 5.41) is 0. The number of esters is 1. The Hall–Kier alpha value is -2.09. The first-order chi connectivity index (χ1) is 14.8. The van der Waals surface area contributed by atoms with E-state index in [1.807, 2.05) is 0 Å². The summed E-state index contributed by atoms with van der Waals surface area (Å²) in [4.78, 5) is 34.9. The molecular formula is C17H17N6NaO7P. The van der Waals surface area contributed by atoms with E-state index in [9.17, 15) is 14.3 Å². The van der Waals surface area contributed by atoms with Gasteiger partial charge in [-0.15, -0.1) is 0 Å².